The highest BCUT2D eigenvalue weighted by atomic mass is 16.5. The summed E-state index contributed by atoms with van der Waals surface area (Å²) in [5, 5.41) is 11.9. The van der Waals surface area contributed by atoms with Gasteiger partial charge in [-0.15, -0.1) is 0 Å². The monoisotopic (exact) mass is 372 g/mol. The molecule has 1 aliphatic rings. The van der Waals surface area contributed by atoms with Crippen LogP contribution in [0.25, 0.3) is 0 Å². The molecule has 0 aromatic heterocycles. The lowest BCUT2D eigenvalue weighted by atomic mass is 9.87. The Balaban J connectivity index is 1.67. The van der Waals surface area contributed by atoms with E-state index in [1.807, 2.05) is 24.3 Å². The molecule has 1 fully saturated rings. The van der Waals surface area contributed by atoms with Crippen LogP contribution in [0.15, 0.2) is 24.3 Å². The van der Waals surface area contributed by atoms with Crippen molar-refractivity contribution in [3.63, 3.8) is 0 Å². The molecule has 6 heteroatoms. The molecule has 1 amide bonds. The van der Waals surface area contributed by atoms with Crippen LogP contribution in [0.3, 0.4) is 0 Å². The smallest absolute Gasteiger partial charge is 0.309 e. The molecule has 27 heavy (non-hydrogen) atoms. The summed E-state index contributed by atoms with van der Waals surface area (Å²) in [7, 11) is 0. The number of esters is 1. The fraction of sp³-hybridized carbons (Fsp3) is 0.571. The van der Waals surface area contributed by atoms with E-state index in [2.05, 4.69) is 32.2 Å². The summed E-state index contributed by atoms with van der Waals surface area (Å²) in [4.78, 5) is 23.7. The molecule has 0 heterocycles. The molecule has 2 rings (SSSR count). The first-order valence-corrected chi connectivity index (χ1v) is 9.35. The molecule has 0 radical (unpaired) electrons. The summed E-state index contributed by atoms with van der Waals surface area (Å²) in [5.41, 5.74) is 0.481. The maximum Gasteiger partial charge on any atom is 0.309 e. The number of nitrogens with one attached hydrogen (secondary N) is 1. The number of hydrogen-bond donors (Lipinski definition) is 1. The topological polar surface area (TPSA) is 88.4 Å². The Morgan fingerprint density at radius 3 is 2.37 bits per heavy atom. The number of carbonyl (C=O) groups is 2. The van der Waals surface area contributed by atoms with Crippen LogP contribution >= 0.6 is 0 Å². The molecule has 0 spiro atoms. The highest BCUT2D eigenvalue weighted by molar-refractivity contribution is 5.81. The SMILES string of the molecule is CC(C)(C)c1ccc(OCCC(=O)OCC(=O)NC2(C#N)CCCC2)cc1. The molecule has 6 nitrogen and oxygen atoms in total. The van der Waals surface area contributed by atoms with Crippen LogP contribution in [0.2, 0.25) is 0 Å². The number of benzene rings is 1. The lowest BCUT2D eigenvalue weighted by Gasteiger charge is -2.21. The van der Waals surface area contributed by atoms with Crippen LogP contribution in [0, 0.1) is 11.3 Å². The van der Waals surface area contributed by atoms with Crippen LogP contribution in [0.4, 0.5) is 0 Å². The molecule has 1 aromatic carbocycles. The molecule has 1 N–H and O–H groups in total. The van der Waals surface area contributed by atoms with Crippen molar-refractivity contribution in [2.24, 2.45) is 0 Å². The molecule has 0 bridgehead atoms. The minimum atomic E-state index is -0.800. The van der Waals surface area contributed by atoms with E-state index in [1.54, 1.807) is 0 Å². The Morgan fingerprint density at radius 2 is 1.81 bits per heavy atom. The number of hydrogen-bond acceptors (Lipinski definition) is 5. The summed E-state index contributed by atoms with van der Waals surface area (Å²) in [5.74, 6) is -0.259. The van der Waals surface area contributed by atoms with E-state index < -0.39 is 17.4 Å². The molecule has 1 aromatic rings. The standard InChI is InChI=1S/C21H28N2O4/c1-20(2,3)16-6-8-17(9-7-16)26-13-10-19(25)27-14-18(24)23-21(15-22)11-4-5-12-21/h6-9H,4-5,10-14H2,1-3H3,(H,23,24). The van der Waals surface area contributed by atoms with Crippen LogP contribution in [-0.4, -0.2) is 30.6 Å². The fourth-order valence-electron chi connectivity index (χ4n) is 3.07. The van der Waals surface area contributed by atoms with E-state index in [4.69, 9.17) is 9.47 Å². The van der Waals surface area contributed by atoms with Crippen molar-refractivity contribution in [3.8, 4) is 11.8 Å². The van der Waals surface area contributed by atoms with Gasteiger partial charge in [-0.25, -0.2) is 0 Å². The Bertz CT molecular complexity index is 692. The van der Waals surface area contributed by atoms with Crippen LogP contribution in [-0.2, 0) is 19.7 Å². The van der Waals surface area contributed by atoms with Crippen molar-refractivity contribution in [1.29, 1.82) is 5.26 Å². The molecule has 146 valence electrons. The fourth-order valence-corrected chi connectivity index (χ4v) is 3.07. The molecule has 1 saturated carbocycles. The first-order chi connectivity index (χ1) is 12.7. The number of rotatable bonds is 7. The first kappa shape index (κ1) is 20.8. The van der Waals surface area contributed by atoms with Gasteiger partial charge in [-0.2, -0.15) is 5.26 Å². The van der Waals surface area contributed by atoms with Crippen LogP contribution < -0.4 is 10.1 Å². The van der Waals surface area contributed by atoms with E-state index in [1.165, 1.54) is 5.56 Å². The van der Waals surface area contributed by atoms with Gasteiger partial charge in [0.25, 0.3) is 5.91 Å². The second-order valence-corrected chi connectivity index (χ2v) is 7.98. The van der Waals surface area contributed by atoms with E-state index in [-0.39, 0.29) is 25.0 Å². The van der Waals surface area contributed by atoms with Crippen LogP contribution in [0.1, 0.15) is 58.4 Å². The number of nitrogens with zero attached hydrogens (tertiary/aromatic N) is 1. The highest BCUT2D eigenvalue weighted by Crippen LogP contribution is 2.28. The predicted octanol–water partition coefficient (Wildman–Crippen LogP) is 3.25. The van der Waals surface area contributed by atoms with Crippen molar-refractivity contribution in [2.75, 3.05) is 13.2 Å². The third-order valence-corrected chi connectivity index (χ3v) is 4.71. The zero-order chi connectivity index (χ0) is 19.9. The van der Waals surface area contributed by atoms with Crippen molar-refractivity contribution in [1.82, 2.24) is 5.32 Å². The molecule has 0 atom stereocenters. The van der Waals surface area contributed by atoms with Gasteiger partial charge in [0.15, 0.2) is 6.61 Å². The van der Waals surface area contributed by atoms with E-state index in [0.717, 1.165) is 12.8 Å². The normalized spacial score (nSPS) is 15.6. The molecule has 1 aliphatic carbocycles. The van der Waals surface area contributed by atoms with Gasteiger partial charge in [-0.05, 0) is 48.8 Å². The average Bonchev–Trinajstić information content (AvgIpc) is 3.08. The molecular formula is C21H28N2O4. The Morgan fingerprint density at radius 1 is 1.19 bits per heavy atom. The third-order valence-electron chi connectivity index (χ3n) is 4.71. The van der Waals surface area contributed by atoms with Gasteiger partial charge in [0.2, 0.25) is 0 Å². The number of ether oxygens (including phenoxy) is 2. The van der Waals surface area contributed by atoms with Gasteiger partial charge in [-0.1, -0.05) is 32.9 Å². The number of carbonyl (C=O) groups excluding carboxylic acids is 2. The molecule has 0 aliphatic heterocycles. The Hall–Kier alpha value is -2.55. The van der Waals surface area contributed by atoms with Gasteiger partial charge in [0, 0.05) is 0 Å². The van der Waals surface area contributed by atoms with Gasteiger partial charge >= 0.3 is 5.97 Å². The third kappa shape index (κ3) is 6.28. The molecular weight excluding hydrogens is 344 g/mol. The van der Waals surface area contributed by atoms with Gasteiger partial charge < -0.3 is 14.8 Å². The number of amides is 1. The Labute approximate surface area is 160 Å². The molecule has 0 saturated heterocycles. The zero-order valence-corrected chi connectivity index (χ0v) is 16.3. The van der Waals surface area contributed by atoms with Crippen molar-refractivity contribution in [2.45, 2.75) is 63.8 Å². The van der Waals surface area contributed by atoms with Gasteiger partial charge in [-0.3, -0.25) is 9.59 Å². The first-order valence-electron chi connectivity index (χ1n) is 9.35. The summed E-state index contributed by atoms with van der Waals surface area (Å²) in [6, 6.07) is 9.94. The predicted molar refractivity (Wildman–Crippen MR) is 101 cm³/mol. The minimum absolute atomic E-state index is 0.0533. The highest BCUT2D eigenvalue weighted by Gasteiger charge is 2.35. The van der Waals surface area contributed by atoms with Crippen LogP contribution in [0.5, 0.6) is 5.75 Å². The summed E-state index contributed by atoms with van der Waals surface area (Å²) in [6.07, 6.45) is 3.18. The summed E-state index contributed by atoms with van der Waals surface area (Å²) in [6.45, 7) is 6.22. The van der Waals surface area contributed by atoms with E-state index >= 15 is 0 Å². The lowest BCUT2D eigenvalue weighted by molar-refractivity contribution is -0.149. The average molecular weight is 372 g/mol. The largest absolute Gasteiger partial charge is 0.493 e. The lowest BCUT2D eigenvalue weighted by Crippen LogP contribution is -2.46. The maximum atomic E-state index is 11.9. The van der Waals surface area contributed by atoms with Crippen molar-refractivity contribution in [3.05, 3.63) is 29.8 Å². The maximum absolute atomic E-state index is 11.9. The van der Waals surface area contributed by atoms with E-state index in [0.29, 0.717) is 18.6 Å². The minimum Gasteiger partial charge on any atom is -0.493 e. The second-order valence-electron chi connectivity index (χ2n) is 7.98. The summed E-state index contributed by atoms with van der Waals surface area (Å²) < 4.78 is 10.5. The van der Waals surface area contributed by atoms with Gasteiger partial charge in [0.1, 0.15) is 11.3 Å². The van der Waals surface area contributed by atoms with Crippen molar-refractivity contribution >= 4 is 11.9 Å². The molecule has 0 unspecified atom stereocenters. The van der Waals surface area contributed by atoms with E-state index in [9.17, 15) is 14.9 Å². The summed E-state index contributed by atoms with van der Waals surface area (Å²) >= 11 is 0. The zero-order valence-electron chi connectivity index (χ0n) is 16.3. The van der Waals surface area contributed by atoms with Crippen molar-refractivity contribution < 1.29 is 19.1 Å². The Kier molecular flexibility index (Phi) is 6.84. The van der Waals surface area contributed by atoms with Gasteiger partial charge in [0.05, 0.1) is 19.1 Å². The second kappa shape index (κ2) is 8.90. The quantitative estimate of drug-likeness (QED) is 0.742. The number of nitriles is 1.